The molecule has 0 radical (unpaired) electrons. The van der Waals surface area contributed by atoms with E-state index < -0.39 is 5.82 Å². The summed E-state index contributed by atoms with van der Waals surface area (Å²) in [7, 11) is 1.52. The Hall–Kier alpha value is -3.43. The van der Waals surface area contributed by atoms with Crippen molar-refractivity contribution < 1.29 is 13.9 Å². The number of nitrogen functional groups attached to an aromatic ring is 1. The lowest BCUT2D eigenvalue weighted by Crippen LogP contribution is -2.51. The fourth-order valence-electron chi connectivity index (χ4n) is 8.07. The number of rotatable bonds is 6. The van der Waals surface area contributed by atoms with Gasteiger partial charge in [0, 0.05) is 40.8 Å². The highest BCUT2D eigenvalue weighted by atomic mass is 35.5. The number of fused-ring (bicyclic) bond motifs is 5. The van der Waals surface area contributed by atoms with E-state index in [2.05, 4.69) is 21.2 Å². The molecule has 6 heterocycles. The molecular weight excluding hydrogens is 601 g/mol. The number of nitriles is 1. The largest absolute Gasteiger partial charge is 0.494 e. The number of ether oxygens (including phenoxy) is 2. The third kappa shape index (κ3) is 4.22. The molecule has 4 saturated heterocycles. The lowest BCUT2D eigenvalue weighted by molar-refractivity contribution is 0.108. The van der Waals surface area contributed by atoms with Crippen LogP contribution in [-0.4, -0.2) is 72.4 Å². The molecule has 0 aliphatic carbocycles. The number of piperazine rings is 1. The first-order valence-electron chi connectivity index (χ1n) is 15.3. The van der Waals surface area contributed by atoms with Crippen LogP contribution in [-0.2, 0) is 0 Å². The van der Waals surface area contributed by atoms with Crippen molar-refractivity contribution in [2.75, 3.05) is 50.5 Å². The van der Waals surface area contributed by atoms with Gasteiger partial charge in [-0.25, -0.2) is 4.39 Å². The molecule has 228 valence electrons. The van der Waals surface area contributed by atoms with Crippen molar-refractivity contribution in [3.8, 4) is 29.0 Å². The summed E-state index contributed by atoms with van der Waals surface area (Å²) in [5, 5.41) is 15.1. The summed E-state index contributed by atoms with van der Waals surface area (Å²) in [5.74, 6) is 0.246. The number of halogens is 2. The molecule has 0 spiro atoms. The van der Waals surface area contributed by atoms with Crippen molar-refractivity contribution in [3.05, 3.63) is 34.6 Å². The molecule has 2 unspecified atom stereocenters. The molecule has 2 atom stereocenters. The Morgan fingerprint density at radius 2 is 1.93 bits per heavy atom. The van der Waals surface area contributed by atoms with Gasteiger partial charge < -0.3 is 25.4 Å². The second-order valence-corrected chi connectivity index (χ2v) is 13.9. The lowest BCUT2D eigenvalue weighted by atomic mass is 9.95. The van der Waals surface area contributed by atoms with Gasteiger partial charge in [-0.3, -0.25) is 4.90 Å². The number of benzene rings is 2. The van der Waals surface area contributed by atoms with Crippen LogP contribution in [0.15, 0.2) is 18.2 Å². The first-order chi connectivity index (χ1) is 21.4. The van der Waals surface area contributed by atoms with Gasteiger partial charge in [0.1, 0.15) is 29.0 Å². The average Bonchev–Trinajstić information content (AvgIpc) is 3.78. The third-order valence-electron chi connectivity index (χ3n) is 10.1. The molecule has 44 heavy (non-hydrogen) atoms. The van der Waals surface area contributed by atoms with Gasteiger partial charge >= 0.3 is 6.01 Å². The van der Waals surface area contributed by atoms with Gasteiger partial charge in [-0.1, -0.05) is 23.7 Å². The maximum absolute atomic E-state index is 17.1. The van der Waals surface area contributed by atoms with Crippen LogP contribution in [0.1, 0.15) is 44.1 Å². The maximum atomic E-state index is 17.1. The summed E-state index contributed by atoms with van der Waals surface area (Å²) >= 11 is 8.35. The molecule has 2 aromatic heterocycles. The fourth-order valence-corrected chi connectivity index (χ4v) is 9.38. The zero-order valence-electron chi connectivity index (χ0n) is 24.5. The van der Waals surface area contributed by atoms with Gasteiger partial charge in [0.2, 0.25) is 0 Å². The molecule has 4 fully saturated rings. The minimum atomic E-state index is -0.611. The molecule has 2 aromatic carbocycles. The van der Waals surface area contributed by atoms with Crippen LogP contribution >= 0.6 is 22.9 Å². The molecule has 2 bridgehead atoms. The van der Waals surface area contributed by atoms with Crippen LogP contribution in [0, 0.1) is 17.1 Å². The van der Waals surface area contributed by atoms with E-state index in [1.54, 1.807) is 6.07 Å². The van der Waals surface area contributed by atoms with E-state index in [0.717, 1.165) is 69.4 Å². The molecule has 8 rings (SSSR count). The number of nitrogens with one attached hydrogen (secondary N) is 1. The minimum absolute atomic E-state index is 0.0176. The zero-order valence-corrected chi connectivity index (χ0v) is 26.0. The molecular formula is C32H33ClFN7O2S. The van der Waals surface area contributed by atoms with Crippen molar-refractivity contribution >= 4 is 54.7 Å². The van der Waals surface area contributed by atoms with Gasteiger partial charge in [-0.15, -0.1) is 11.3 Å². The third-order valence-corrected chi connectivity index (χ3v) is 11.4. The van der Waals surface area contributed by atoms with E-state index in [0.29, 0.717) is 57.2 Å². The lowest BCUT2D eigenvalue weighted by Gasteiger charge is -2.35. The number of hydrogen-bond acceptors (Lipinski definition) is 10. The number of nitrogens with zero attached hydrogens (tertiary/aromatic N) is 5. The van der Waals surface area contributed by atoms with Gasteiger partial charge in [0.15, 0.2) is 11.6 Å². The molecule has 0 amide bonds. The second kappa shape index (κ2) is 10.6. The first-order valence-corrected chi connectivity index (χ1v) is 16.5. The number of aromatic nitrogens is 2. The molecule has 4 aliphatic rings. The second-order valence-electron chi connectivity index (χ2n) is 12.5. The van der Waals surface area contributed by atoms with E-state index in [1.807, 2.05) is 12.1 Å². The monoisotopic (exact) mass is 633 g/mol. The van der Waals surface area contributed by atoms with Crippen LogP contribution in [0.5, 0.6) is 11.8 Å². The van der Waals surface area contributed by atoms with Crippen molar-refractivity contribution in [1.82, 2.24) is 20.2 Å². The van der Waals surface area contributed by atoms with Crippen molar-refractivity contribution in [3.63, 3.8) is 0 Å². The van der Waals surface area contributed by atoms with E-state index in [4.69, 9.17) is 36.8 Å². The van der Waals surface area contributed by atoms with E-state index >= 15 is 4.39 Å². The predicted molar refractivity (Wildman–Crippen MR) is 171 cm³/mol. The van der Waals surface area contributed by atoms with Crippen LogP contribution in [0.25, 0.3) is 32.1 Å². The Labute approximate surface area is 263 Å². The summed E-state index contributed by atoms with van der Waals surface area (Å²) < 4.78 is 30.2. The van der Waals surface area contributed by atoms with Crippen LogP contribution in [0.3, 0.4) is 0 Å². The van der Waals surface area contributed by atoms with Gasteiger partial charge in [0.05, 0.1) is 28.6 Å². The SMILES string of the molecule is COc1c(Cl)c(-c2cccc3sc(N)c(C#N)c23)c(F)c2nc(OCC34CCCN3CCC4)nc(N3CC4CCC(C3)N4)c12. The highest BCUT2D eigenvalue weighted by Crippen LogP contribution is 2.50. The Kier molecular flexibility index (Phi) is 6.75. The van der Waals surface area contributed by atoms with E-state index in [-0.39, 0.29) is 27.7 Å². The highest BCUT2D eigenvalue weighted by molar-refractivity contribution is 7.23. The molecule has 9 nitrogen and oxygen atoms in total. The Balaban J connectivity index is 1.34. The summed E-state index contributed by atoms with van der Waals surface area (Å²) in [4.78, 5) is 14.4. The summed E-state index contributed by atoms with van der Waals surface area (Å²) in [6.07, 6.45) is 6.60. The number of thiophene rings is 1. The molecule has 3 N–H and O–H groups in total. The number of hydrogen-bond donors (Lipinski definition) is 2. The topological polar surface area (TPSA) is 113 Å². The number of anilines is 2. The maximum Gasteiger partial charge on any atom is 0.319 e. The van der Waals surface area contributed by atoms with Gasteiger partial charge in [0.25, 0.3) is 0 Å². The molecule has 4 aromatic rings. The summed E-state index contributed by atoms with van der Waals surface area (Å²) in [6.45, 7) is 4.07. The zero-order chi connectivity index (χ0) is 30.2. The standard InChI is InChI=1S/C32H33ClFN7O2S/c1-42-28-24-27(26(34)23(25(28)33)19-5-2-6-21-22(19)20(13-35)29(36)44-21)38-31(43-16-32-9-3-11-41(32)12-4-10-32)39-30(24)40-14-17-7-8-18(15-40)37-17/h2,5-6,17-18,37H,3-4,7-12,14-16,36H2,1H3. The Morgan fingerprint density at radius 1 is 1.18 bits per heavy atom. The molecule has 0 saturated carbocycles. The predicted octanol–water partition coefficient (Wildman–Crippen LogP) is 5.71. The Morgan fingerprint density at radius 3 is 2.64 bits per heavy atom. The van der Waals surface area contributed by atoms with Crippen molar-refractivity contribution in [2.24, 2.45) is 0 Å². The average molecular weight is 634 g/mol. The summed E-state index contributed by atoms with van der Waals surface area (Å²) in [6, 6.07) is 8.43. The number of nitrogens with two attached hydrogens (primary N) is 1. The molecule has 4 aliphatic heterocycles. The minimum Gasteiger partial charge on any atom is -0.494 e. The van der Waals surface area contributed by atoms with Crippen LogP contribution in [0.4, 0.5) is 15.2 Å². The summed E-state index contributed by atoms with van der Waals surface area (Å²) in [5.41, 5.74) is 7.14. The number of methoxy groups -OCH3 is 1. The highest BCUT2D eigenvalue weighted by Gasteiger charge is 2.45. The van der Waals surface area contributed by atoms with Crippen molar-refractivity contribution in [1.29, 1.82) is 5.26 Å². The van der Waals surface area contributed by atoms with E-state index in [9.17, 15) is 5.26 Å². The molecule has 12 heteroatoms. The van der Waals surface area contributed by atoms with E-state index in [1.165, 1.54) is 18.4 Å². The Bertz CT molecular complexity index is 1840. The van der Waals surface area contributed by atoms with Gasteiger partial charge in [-0.2, -0.15) is 15.2 Å². The normalized spacial score (nSPS) is 22.5. The van der Waals surface area contributed by atoms with Crippen LogP contribution < -0.4 is 25.4 Å². The van der Waals surface area contributed by atoms with Gasteiger partial charge in [-0.05, 0) is 63.2 Å². The fraction of sp³-hybridized carbons (Fsp3) is 0.469. The quantitative estimate of drug-likeness (QED) is 0.275. The smallest absolute Gasteiger partial charge is 0.319 e. The van der Waals surface area contributed by atoms with Crippen molar-refractivity contribution in [2.45, 2.75) is 56.1 Å². The first kappa shape index (κ1) is 28.1. The van der Waals surface area contributed by atoms with Crippen LogP contribution in [0.2, 0.25) is 5.02 Å².